The third kappa shape index (κ3) is 4.03. The van der Waals surface area contributed by atoms with Crippen LogP contribution in [0.15, 0.2) is 53.6 Å². The van der Waals surface area contributed by atoms with E-state index in [1.807, 2.05) is 17.6 Å². The average Bonchev–Trinajstić information content (AvgIpc) is 3.14. The van der Waals surface area contributed by atoms with Crippen molar-refractivity contribution in [2.24, 2.45) is 0 Å². The predicted octanol–water partition coefficient (Wildman–Crippen LogP) is 5.22. The summed E-state index contributed by atoms with van der Waals surface area (Å²) >= 11 is 18.3. The summed E-state index contributed by atoms with van der Waals surface area (Å²) in [6.07, 6.45) is 2.26. The fourth-order valence-electron chi connectivity index (χ4n) is 3.21. The Hall–Kier alpha value is -2.54. The number of rotatable bonds is 6. The normalized spacial score (nSPS) is 11.2. The van der Waals surface area contributed by atoms with Gasteiger partial charge in [-0.2, -0.15) is 4.98 Å². The molecule has 1 N–H and O–H groups in total. The number of halogens is 3. The molecule has 2 heterocycles. The van der Waals surface area contributed by atoms with Crippen molar-refractivity contribution in [3.63, 3.8) is 0 Å². The quantitative estimate of drug-likeness (QED) is 0.427. The first kappa shape index (κ1) is 20.7. The first-order valence-corrected chi connectivity index (χ1v) is 10.5. The first-order chi connectivity index (χ1) is 14.5. The molecule has 0 bridgehead atoms. The van der Waals surface area contributed by atoms with Crippen molar-refractivity contribution in [1.29, 1.82) is 0 Å². The lowest BCUT2D eigenvalue weighted by atomic mass is 10.1. The maximum Gasteiger partial charge on any atom is 0.287 e. The van der Waals surface area contributed by atoms with E-state index in [9.17, 15) is 4.79 Å². The predicted molar refractivity (Wildman–Crippen MR) is 122 cm³/mol. The summed E-state index contributed by atoms with van der Waals surface area (Å²) in [5.74, 6) is 0.426. The SMILES string of the molecule is CCn1cnc2c(=O)n(-c3ccc(Cl)cc3)c(NCCc3ccc(Cl)cc3Cl)nc21. The molecule has 0 unspecified atom stereocenters. The number of benzene rings is 2. The molecular weight excluding hydrogens is 445 g/mol. The molecule has 0 radical (unpaired) electrons. The molecule has 0 saturated carbocycles. The van der Waals surface area contributed by atoms with Crippen molar-refractivity contribution in [3.05, 3.63) is 79.8 Å². The Morgan fingerprint density at radius 2 is 1.77 bits per heavy atom. The molecule has 30 heavy (non-hydrogen) atoms. The largest absolute Gasteiger partial charge is 0.355 e. The van der Waals surface area contributed by atoms with E-state index >= 15 is 0 Å². The fourth-order valence-corrected chi connectivity index (χ4v) is 3.84. The van der Waals surface area contributed by atoms with Gasteiger partial charge in [0.15, 0.2) is 11.2 Å². The highest BCUT2D eigenvalue weighted by atomic mass is 35.5. The van der Waals surface area contributed by atoms with E-state index in [0.29, 0.717) is 57.4 Å². The number of aromatic nitrogens is 4. The van der Waals surface area contributed by atoms with Crippen molar-refractivity contribution in [1.82, 2.24) is 19.1 Å². The van der Waals surface area contributed by atoms with E-state index in [1.54, 1.807) is 42.7 Å². The maximum atomic E-state index is 13.2. The van der Waals surface area contributed by atoms with E-state index in [4.69, 9.17) is 39.8 Å². The van der Waals surface area contributed by atoms with Gasteiger partial charge in [0.05, 0.1) is 12.0 Å². The van der Waals surface area contributed by atoms with Crippen LogP contribution in [0.25, 0.3) is 16.9 Å². The van der Waals surface area contributed by atoms with Crippen molar-refractivity contribution in [2.75, 3.05) is 11.9 Å². The Morgan fingerprint density at radius 3 is 2.47 bits per heavy atom. The summed E-state index contributed by atoms with van der Waals surface area (Å²) in [6, 6.07) is 12.4. The number of nitrogens with zero attached hydrogens (tertiary/aromatic N) is 4. The third-order valence-electron chi connectivity index (χ3n) is 4.76. The lowest BCUT2D eigenvalue weighted by Crippen LogP contribution is -2.25. The van der Waals surface area contributed by atoms with E-state index < -0.39 is 0 Å². The molecule has 4 aromatic rings. The fraction of sp³-hybridized carbons (Fsp3) is 0.190. The van der Waals surface area contributed by atoms with Gasteiger partial charge in [0.2, 0.25) is 5.95 Å². The van der Waals surface area contributed by atoms with Gasteiger partial charge in [-0.25, -0.2) is 9.55 Å². The number of aryl methyl sites for hydroxylation is 1. The standard InChI is InChI=1S/C21H18Cl3N5O/c1-2-28-12-26-18-19(28)27-21(25-10-9-13-3-4-15(23)11-17(13)24)29(20(18)30)16-7-5-14(22)6-8-16/h3-8,11-12H,2,9-10H2,1H3,(H,25,27). The van der Waals surface area contributed by atoms with Crippen LogP contribution >= 0.6 is 34.8 Å². The Kier molecular flexibility index (Phi) is 5.99. The molecule has 6 nitrogen and oxygen atoms in total. The van der Waals surface area contributed by atoms with Crippen LogP contribution in [0, 0.1) is 0 Å². The minimum atomic E-state index is -0.249. The molecular formula is C21H18Cl3N5O. The van der Waals surface area contributed by atoms with Crippen molar-refractivity contribution < 1.29 is 0 Å². The Morgan fingerprint density at radius 1 is 1.03 bits per heavy atom. The van der Waals surface area contributed by atoms with Crippen molar-refractivity contribution in [3.8, 4) is 5.69 Å². The minimum Gasteiger partial charge on any atom is -0.355 e. The molecule has 0 atom stereocenters. The zero-order valence-electron chi connectivity index (χ0n) is 16.1. The Bertz CT molecular complexity index is 1260. The van der Waals surface area contributed by atoms with Gasteiger partial charge in [-0.3, -0.25) is 4.79 Å². The molecule has 0 saturated heterocycles. The highest BCUT2D eigenvalue weighted by molar-refractivity contribution is 6.35. The number of imidazole rings is 1. The van der Waals surface area contributed by atoms with Gasteiger partial charge in [-0.1, -0.05) is 40.9 Å². The van der Waals surface area contributed by atoms with Crippen LogP contribution in [-0.4, -0.2) is 25.6 Å². The van der Waals surface area contributed by atoms with Gasteiger partial charge in [-0.05, 0) is 55.3 Å². The Balaban J connectivity index is 1.73. The molecule has 0 spiro atoms. The summed E-state index contributed by atoms with van der Waals surface area (Å²) in [5.41, 5.74) is 2.21. The molecule has 0 aliphatic carbocycles. The number of fused-ring (bicyclic) bond motifs is 1. The van der Waals surface area contributed by atoms with Crippen LogP contribution in [0.1, 0.15) is 12.5 Å². The van der Waals surface area contributed by atoms with Crippen LogP contribution < -0.4 is 10.9 Å². The van der Waals surface area contributed by atoms with E-state index in [2.05, 4.69) is 10.3 Å². The van der Waals surface area contributed by atoms with Gasteiger partial charge in [-0.15, -0.1) is 0 Å². The van der Waals surface area contributed by atoms with Crippen LogP contribution in [0.5, 0.6) is 0 Å². The van der Waals surface area contributed by atoms with Crippen LogP contribution in [0.3, 0.4) is 0 Å². The molecule has 154 valence electrons. The summed E-state index contributed by atoms with van der Waals surface area (Å²) in [5, 5.41) is 5.06. The summed E-state index contributed by atoms with van der Waals surface area (Å²) in [7, 11) is 0. The van der Waals surface area contributed by atoms with Gasteiger partial charge in [0, 0.05) is 28.2 Å². The van der Waals surface area contributed by atoms with Crippen LogP contribution in [-0.2, 0) is 13.0 Å². The van der Waals surface area contributed by atoms with Gasteiger partial charge < -0.3 is 9.88 Å². The molecule has 0 fully saturated rings. The highest BCUT2D eigenvalue weighted by Gasteiger charge is 2.16. The van der Waals surface area contributed by atoms with E-state index in [-0.39, 0.29) is 5.56 Å². The highest BCUT2D eigenvalue weighted by Crippen LogP contribution is 2.22. The number of hydrogen-bond acceptors (Lipinski definition) is 4. The maximum absolute atomic E-state index is 13.2. The van der Waals surface area contributed by atoms with Crippen molar-refractivity contribution >= 4 is 51.9 Å². The summed E-state index contributed by atoms with van der Waals surface area (Å²) in [6.45, 7) is 3.16. The lowest BCUT2D eigenvalue weighted by Gasteiger charge is -2.15. The zero-order valence-corrected chi connectivity index (χ0v) is 18.3. The second-order valence-electron chi connectivity index (χ2n) is 6.67. The smallest absolute Gasteiger partial charge is 0.287 e. The second-order valence-corrected chi connectivity index (χ2v) is 7.95. The molecule has 0 amide bonds. The average molecular weight is 463 g/mol. The number of hydrogen-bond donors (Lipinski definition) is 1. The molecule has 0 aliphatic heterocycles. The Labute approximate surface area is 188 Å². The number of anilines is 1. The molecule has 4 rings (SSSR count). The van der Waals surface area contributed by atoms with Gasteiger partial charge in [0.1, 0.15) is 0 Å². The molecule has 2 aromatic carbocycles. The van der Waals surface area contributed by atoms with Gasteiger partial charge >= 0.3 is 0 Å². The zero-order chi connectivity index (χ0) is 21.3. The third-order valence-corrected chi connectivity index (χ3v) is 5.60. The van der Waals surface area contributed by atoms with E-state index in [1.165, 1.54) is 4.57 Å². The van der Waals surface area contributed by atoms with Crippen LogP contribution in [0.4, 0.5) is 5.95 Å². The van der Waals surface area contributed by atoms with E-state index in [0.717, 1.165) is 5.56 Å². The summed E-state index contributed by atoms with van der Waals surface area (Å²) < 4.78 is 3.35. The van der Waals surface area contributed by atoms with Gasteiger partial charge in [0.25, 0.3) is 5.56 Å². The lowest BCUT2D eigenvalue weighted by molar-refractivity contribution is 0.775. The number of nitrogens with one attached hydrogen (secondary N) is 1. The molecule has 2 aromatic heterocycles. The molecule has 0 aliphatic rings. The summed E-state index contributed by atoms with van der Waals surface area (Å²) in [4.78, 5) is 22.2. The monoisotopic (exact) mass is 461 g/mol. The van der Waals surface area contributed by atoms with Crippen molar-refractivity contribution in [2.45, 2.75) is 19.9 Å². The first-order valence-electron chi connectivity index (χ1n) is 9.39. The minimum absolute atomic E-state index is 0.249. The second kappa shape index (κ2) is 8.68. The van der Waals surface area contributed by atoms with Crippen LogP contribution in [0.2, 0.25) is 15.1 Å². The molecule has 9 heteroatoms. The topological polar surface area (TPSA) is 64.7 Å².